The average molecular weight is 226 g/mol. The Labute approximate surface area is 97.8 Å². The molecule has 0 spiro atoms. The summed E-state index contributed by atoms with van der Waals surface area (Å²) in [5.74, 6) is 0. The minimum Gasteiger partial charge on any atom is -0.307 e. The van der Waals surface area contributed by atoms with E-state index in [2.05, 4.69) is 38.2 Å². The second kappa shape index (κ2) is 6.14. The number of hydrogen-bond donors (Lipinski definition) is 1. The third kappa shape index (κ3) is 3.84. The molecule has 2 heteroatoms. The lowest BCUT2D eigenvalue weighted by molar-refractivity contribution is 0.437. The van der Waals surface area contributed by atoms with E-state index in [0.29, 0.717) is 12.1 Å². The van der Waals surface area contributed by atoms with E-state index in [1.807, 2.05) is 12.1 Å². The molecule has 84 valence electrons. The van der Waals surface area contributed by atoms with Crippen molar-refractivity contribution in [2.45, 2.75) is 45.7 Å². The van der Waals surface area contributed by atoms with E-state index < -0.39 is 0 Å². The molecule has 0 unspecified atom stereocenters. The van der Waals surface area contributed by atoms with E-state index in [4.69, 9.17) is 11.6 Å². The van der Waals surface area contributed by atoms with Crippen LogP contribution in [0.5, 0.6) is 0 Å². The van der Waals surface area contributed by atoms with Gasteiger partial charge in [0.25, 0.3) is 0 Å². The second-order valence-electron chi connectivity index (χ2n) is 3.99. The molecule has 15 heavy (non-hydrogen) atoms. The topological polar surface area (TPSA) is 12.0 Å². The first-order valence-corrected chi connectivity index (χ1v) is 6.06. The van der Waals surface area contributed by atoms with Crippen molar-refractivity contribution in [3.8, 4) is 0 Å². The normalized spacial score (nSPS) is 14.9. The van der Waals surface area contributed by atoms with E-state index >= 15 is 0 Å². The summed E-state index contributed by atoms with van der Waals surface area (Å²) in [7, 11) is 0. The molecule has 1 aromatic carbocycles. The fourth-order valence-corrected chi connectivity index (χ4v) is 1.73. The molecule has 0 fully saturated rings. The highest BCUT2D eigenvalue weighted by Gasteiger charge is 2.10. The quantitative estimate of drug-likeness (QED) is 0.793. The SMILES string of the molecule is CC[C@H](C)N[C@H](CC)c1ccc(Cl)cc1. The largest absolute Gasteiger partial charge is 0.307 e. The Morgan fingerprint density at radius 3 is 2.20 bits per heavy atom. The van der Waals surface area contributed by atoms with Gasteiger partial charge < -0.3 is 5.32 Å². The molecule has 1 aromatic rings. The molecule has 0 aliphatic carbocycles. The zero-order chi connectivity index (χ0) is 11.3. The summed E-state index contributed by atoms with van der Waals surface area (Å²) in [6.45, 7) is 6.62. The molecule has 0 heterocycles. The maximum atomic E-state index is 5.87. The highest BCUT2D eigenvalue weighted by molar-refractivity contribution is 6.30. The van der Waals surface area contributed by atoms with E-state index in [-0.39, 0.29) is 0 Å². The Morgan fingerprint density at radius 2 is 1.73 bits per heavy atom. The Kier molecular flexibility index (Phi) is 5.13. The van der Waals surface area contributed by atoms with Gasteiger partial charge in [-0.25, -0.2) is 0 Å². The lowest BCUT2D eigenvalue weighted by Gasteiger charge is -2.21. The molecule has 1 nitrogen and oxygen atoms in total. The molecule has 0 aliphatic rings. The van der Waals surface area contributed by atoms with Crippen molar-refractivity contribution < 1.29 is 0 Å². The standard InChI is InChI=1S/C13H20ClN/c1-4-10(3)15-13(5-2)11-6-8-12(14)9-7-11/h6-10,13,15H,4-5H2,1-3H3/t10-,13+/m0/s1. The van der Waals surface area contributed by atoms with Gasteiger partial charge in [0.05, 0.1) is 0 Å². The first-order valence-electron chi connectivity index (χ1n) is 5.68. The lowest BCUT2D eigenvalue weighted by atomic mass is 10.0. The van der Waals surface area contributed by atoms with Crippen LogP contribution in [0.2, 0.25) is 5.02 Å². The predicted molar refractivity (Wildman–Crippen MR) is 67.4 cm³/mol. The molecule has 0 saturated carbocycles. The summed E-state index contributed by atoms with van der Waals surface area (Å²) in [4.78, 5) is 0. The number of halogens is 1. The van der Waals surface area contributed by atoms with Crippen molar-refractivity contribution in [2.24, 2.45) is 0 Å². The van der Waals surface area contributed by atoms with E-state index in [0.717, 1.165) is 17.9 Å². The van der Waals surface area contributed by atoms with Crippen LogP contribution in [0.25, 0.3) is 0 Å². The van der Waals surface area contributed by atoms with Crippen molar-refractivity contribution >= 4 is 11.6 Å². The number of nitrogens with one attached hydrogen (secondary N) is 1. The maximum absolute atomic E-state index is 5.87. The van der Waals surface area contributed by atoms with Crippen LogP contribution in [-0.2, 0) is 0 Å². The van der Waals surface area contributed by atoms with Gasteiger partial charge in [-0.3, -0.25) is 0 Å². The van der Waals surface area contributed by atoms with Crippen molar-refractivity contribution in [3.63, 3.8) is 0 Å². The van der Waals surface area contributed by atoms with Gasteiger partial charge in [-0.1, -0.05) is 37.6 Å². The van der Waals surface area contributed by atoms with Gasteiger partial charge in [0.1, 0.15) is 0 Å². The predicted octanol–water partition coefficient (Wildman–Crippen LogP) is 4.18. The molecule has 2 atom stereocenters. The van der Waals surface area contributed by atoms with Crippen molar-refractivity contribution in [2.75, 3.05) is 0 Å². The monoisotopic (exact) mass is 225 g/mol. The summed E-state index contributed by atoms with van der Waals surface area (Å²) in [5, 5.41) is 4.41. The highest BCUT2D eigenvalue weighted by atomic mass is 35.5. The van der Waals surface area contributed by atoms with E-state index in [9.17, 15) is 0 Å². The molecular weight excluding hydrogens is 206 g/mol. The Morgan fingerprint density at radius 1 is 1.13 bits per heavy atom. The third-order valence-corrected chi connectivity index (χ3v) is 3.03. The van der Waals surface area contributed by atoms with Gasteiger partial charge in [-0.15, -0.1) is 0 Å². The van der Waals surface area contributed by atoms with Crippen LogP contribution in [0, 0.1) is 0 Å². The van der Waals surface area contributed by atoms with Crippen LogP contribution in [0.15, 0.2) is 24.3 Å². The first-order chi connectivity index (χ1) is 7.17. The van der Waals surface area contributed by atoms with E-state index in [1.165, 1.54) is 5.56 Å². The highest BCUT2D eigenvalue weighted by Crippen LogP contribution is 2.19. The minimum absolute atomic E-state index is 0.442. The second-order valence-corrected chi connectivity index (χ2v) is 4.42. The van der Waals surface area contributed by atoms with Crippen LogP contribution < -0.4 is 5.32 Å². The summed E-state index contributed by atoms with van der Waals surface area (Å²) in [6.07, 6.45) is 2.26. The zero-order valence-electron chi connectivity index (χ0n) is 9.76. The van der Waals surface area contributed by atoms with Gasteiger partial charge in [0.2, 0.25) is 0 Å². The Hall–Kier alpha value is -0.530. The molecule has 0 radical (unpaired) electrons. The fraction of sp³-hybridized carbons (Fsp3) is 0.538. The van der Waals surface area contributed by atoms with Crippen LogP contribution in [0.4, 0.5) is 0 Å². The van der Waals surface area contributed by atoms with E-state index in [1.54, 1.807) is 0 Å². The van der Waals surface area contributed by atoms with Gasteiger partial charge in [0.15, 0.2) is 0 Å². The molecule has 0 amide bonds. The zero-order valence-corrected chi connectivity index (χ0v) is 10.5. The summed E-state index contributed by atoms with van der Waals surface area (Å²) in [6, 6.07) is 9.12. The van der Waals surface area contributed by atoms with Gasteiger partial charge in [-0.05, 0) is 37.5 Å². The Bertz CT molecular complexity index is 281. The molecule has 0 saturated heterocycles. The van der Waals surface area contributed by atoms with Crippen LogP contribution in [-0.4, -0.2) is 6.04 Å². The lowest BCUT2D eigenvalue weighted by Crippen LogP contribution is -2.29. The van der Waals surface area contributed by atoms with Gasteiger partial charge in [0, 0.05) is 17.1 Å². The summed E-state index contributed by atoms with van der Waals surface area (Å²) in [5.41, 5.74) is 1.32. The smallest absolute Gasteiger partial charge is 0.0406 e. The average Bonchev–Trinajstić information content (AvgIpc) is 2.27. The molecule has 0 aromatic heterocycles. The molecule has 1 rings (SSSR count). The first kappa shape index (κ1) is 12.5. The van der Waals surface area contributed by atoms with Crippen molar-refractivity contribution in [1.82, 2.24) is 5.32 Å². The molecule has 1 N–H and O–H groups in total. The fourth-order valence-electron chi connectivity index (χ4n) is 1.61. The molecule has 0 aliphatic heterocycles. The van der Waals surface area contributed by atoms with Crippen LogP contribution in [0.1, 0.15) is 45.2 Å². The summed E-state index contributed by atoms with van der Waals surface area (Å²) >= 11 is 5.87. The van der Waals surface area contributed by atoms with Crippen molar-refractivity contribution in [1.29, 1.82) is 0 Å². The van der Waals surface area contributed by atoms with Crippen molar-refractivity contribution in [3.05, 3.63) is 34.9 Å². The van der Waals surface area contributed by atoms with Gasteiger partial charge in [-0.2, -0.15) is 0 Å². The number of rotatable bonds is 5. The molecule has 0 bridgehead atoms. The van der Waals surface area contributed by atoms with Crippen LogP contribution >= 0.6 is 11.6 Å². The van der Waals surface area contributed by atoms with Crippen LogP contribution in [0.3, 0.4) is 0 Å². The number of hydrogen-bond acceptors (Lipinski definition) is 1. The molecular formula is C13H20ClN. The van der Waals surface area contributed by atoms with Gasteiger partial charge >= 0.3 is 0 Å². The third-order valence-electron chi connectivity index (χ3n) is 2.78. The Balaban J connectivity index is 2.69. The minimum atomic E-state index is 0.442. The number of benzene rings is 1. The maximum Gasteiger partial charge on any atom is 0.0406 e. The summed E-state index contributed by atoms with van der Waals surface area (Å²) < 4.78 is 0.